The molecule has 1 heterocycles. The molecule has 2 atom stereocenters. The van der Waals surface area contributed by atoms with Crippen LogP contribution >= 0.6 is 0 Å². The van der Waals surface area contributed by atoms with Gasteiger partial charge in [-0.3, -0.25) is 4.79 Å². The number of halogens is 1. The molecule has 1 amide bonds. The Morgan fingerprint density at radius 2 is 1.91 bits per heavy atom. The van der Waals surface area contributed by atoms with Gasteiger partial charge in [0.05, 0.1) is 12.1 Å². The average Bonchev–Trinajstić information content (AvgIpc) is 2.58. The van der Waals surface area contributed by atoms with Crippen molar-refractivity contribution in [3.05, 3.63) is 59.9 Å². The summed E-state index contributed by atoms with van der Waals surface area (Å²) in [6.45, 7) is 1.24. The minimum absolute atomic E-state index is 0.226. The molecule has 23 heavy (non-hydrogen) atoms. The normalized spacial score (nSPS) is 21.0. The van der Waals surface area contributed by atoms with Crippen LogP contribution in [0.3, 0.4) is 0 Å². The molecule has 4 nitrogen and oxygen atoms in total. The van der Waals surface area contributed by atoms with Gasteiger partial charge in [-0.25, -0.2) is 4.39 Å². The lowest BCUT2D eigenvalue weighted by Crippen LogP contribution is -2.52. The van der Waals surface area contributed by atoms with Crippen molar-refractivity contribution in [2.45, 2.75) is 18.6 Å². The van der Waals surface area contributed by atoms with Gasteiger partial charge in [-0.2, -0.15) is 0 Å². The SMILES string of the molecule is O=C(NC1CCNCC1O)c1ccccc1-c1ccc(F)cc1. The molecule has 1 saturated heterocycles. The highest BCUT2D eigenvalue weighted by atomic mass is 19.1. The standard InChI is InChI=1S/C18H19FN2O2/c19-13-7-5-12(6-8-13)14-3-1-2-4-15(14)18(23)21-16-9-10-20-11-17(16)22/h1-8,16-17,20,22H,9-11H2,(H,21,23). The number of carbonyl (C=O) groups excluding carboxylic acids is 1. The molecule has 1 fully saturated rings. The molecule has 2 aromatic rings. The van der Waals surface area contributed by atoms with Gasteiger partial charge < -0.3 is 15.7 Å². The van der Waals surface area contributed by atoms with Crippen LogP contribution < -0.4 is 10.6 Å². The number of rotatable bonds is 3. The first kappa shape index (κ1) is 15.6. The summed E-state index contributed by atoms with van der Waals surface area (Å²) in [4.78, 5) is 12.6. The van der Waals surface area contributed by atoms with Crippen LogP contribution in [0.15, 0.2) is 48.5 Å². The minimum Gasteiger partial charge on any atom is -0.390 e. The van der Waals surface area contributed by atoms with Crippen LogP contribution in [0.25, 0.3) is 11.1 Å². The highest BCUT2D eigenvalue weighted by molar-refractivity contribution is 6.01. The predicted molar refractivity (Wildman–Crippen MR) is 86.6 cm³/mol. The van der Waals surface area contributed by atoms with Crippen molar-refractivity contribution in [2.75, 3.05) is 13.1 Å². The maximum Gasteiger partial charge on any atom is 0.252 e. The largest absolute Gasteiger partial charge is 0.390 e. The number of amides is 1. The summed E-state index contributed by atoms with van der Waals surface area (Å²) in [5.41, 5.74) is 2.04. The second-order valence-electron chi connectivity index (χ2n) is 5.69. The van der Waals surface area contributed by atoms with E-state index in [0.29, 0.717) is 18.5 Å². The molecular weight excluding hydrogens is 295 g/mol. The van der Waals surface area contributed by atoms with E-state index in [-0.39, 0.29) is 17.8 Å². The topological polar surface area (TPSA) is 61.4 Å². The van der Waals surface area contributed by atoms with Crippen LogP contribution in [-0.4, -0.2) is 36.2 Å². The van der Waals surface area contributed by atoms with Crippen LogP contribution in [0, 0.1) is 5.82 Å². The number of carbonyl (C=O) groups is 1. The van der Waals surface area contributed by atoms with Crippen molar-refractivity contribution >= 4 is 5.91 Å². The second kappa shape index (κ2) is 6.89. The molecule has 5 heteroatoms. The number of aliphatic hydroxyl groups is 1. The fourth-order valence-corrected chi connectivity index (χ4v) is 2.82. The fourth-order valence-electron chi connectivity index (χ4n) is 2.82. The van der Waals surface area contributed by atoms with Crippen LogP contribution in [0.1, 0.15) is 16.8 Å². The van der Waals surface area contributed by atoms with E-state index in [1.165, 1.54) is 12.1 Å². The number of piperidine rings is 1. The van der Waals surface area contributed by atoms with Crippen LogP contribution in [0.5, 0.6) is 0 Å². The Bertz CT molecular complexity index is 688. The molecule has 1 aliphatic rings. The van der Waals surface area contributed by atoms with E-state index in [9.17, 15) is 14.3 Å². The van der Waals surface area contributed by atoms with Gasteiger partial charge in [0.2, 0.25) is 0 Å². The van der Waals surface area contributed by atoms with E-state index in [4.69, 9.17) is 0 Å². The smallest absolute Gasteiger partial charge is 0.252 e. The Morgan fingerprint density at radius 1 is 1.17 bits per heavy atom. The van der Waals surface area contributed by atoms with Gasteiger partial charge in [-0.1, -0.05) is 30.3 Å². The zero-order valence-corrected chi connectivity index (χ0v) is 12.6. The highest BCUT2D eigenvalue weighted by Gasteiger charge is 2.25. The van der Waals surface area contributed by atoms with E-state index in [0.717, 1.165) is 17.7 Å². The quantitative estimate of drug-likeness (QED) is 0.811. The lowest BCUT2D eigenvalue weighted by Gasteiger charge is -2.29. The summed E-state index contributed by atoms with van der Waals surface area (Å²) < 4.78 is 13.1. The van der Waals surface area contributed by atoms with Crippen molar-refractivity contribution in [1.29, 1.82) is 0 Å². The molecule has 0 bridgehead atoms. The number of hydrogen-bond donors (Lipinski definition) is 3. The second-order valence-corrected chi connectivity index (χ2v) is 5.69. The average molecular weight is 314 g/mol. The van der Waals surface area contributed by atoms with Crippen LogP contribution in [0.4, 0.5) is 4.39 Å². The maximum absolute atomic E-state index is 13.1. The molecule has 120 valence electrons. The Hall–Kier alpha value is -2.24. The maximum atomic E-state index is 13.1. The van der Waals surface area contributed by atoms with E-state index in [1.807, 2.05) is 12.1 Å². The van der Waals surface area contributed by atoms with Crippen LogP contribution in [0.2, 0.25) is 0 Å². The third-order valence-corrected chi connectivity index (χ3v) is 4.09. The molecule has 0 spiro atoms. The summed E-state index contributed by atoms with van der Waals surface area (Å²) in [5.74, 6) is -0.538. The third-order valence-electron chi connectivity index (χ3n) is 4.09. The molecule has 0 radical (unpaired) electrons. The molecular formula is C18H19FN2O2. The van der Waals surface area contributed by atoms with Crippen LogP contribution in [-0.2, 0) is 0 Å². The monoisotopic (exact) mass is 314 g/mol. The zero-order valence-electron chi connectivity index (χ0n) is 12.6. The summed E-state index contributed by atoms with van der Waals surface area (Å²) >= 11 is 0. The summed E-state index contributed by atoms with van der Waals surface area (Å²) in [5, 5.41) is 15.9. The Kier molecular flexibility index (Phi) is 4.69. The number of benzene rings is 2. The molecule has 0 aromatic heterocycles. The number of nitrogens with one attached hydrogen (secondary N) is 2. The first-order valence-corrected chi connectivity index (χ1v) is 7.70. The summed E-state index contributed by atoms with van der Waals surface area (Å²) in [6, 6.07) is 13.0. The van der Waals surface area contributed by atoms with Gasteiger partial charge in [-0.15, -0.1) is 0 Å². The molecule has 2 unspecified atom stereocenters. The van der Waals surface area contributed by atoms with Gasteiger partial charge in [0.1, 0.15) is 5.82 Å². The molecule has 3 N–H and O–H groups in total. The van der Waals surface area contributed by atoms with Gasteiger partial charge >= 0.3 is 0 Å². The zero-order chi connectivity index (χ0) is 16.2. The van der Waals surface area contributed by atoms with Crippen molar-refractivity contribution in [2.24, 2.45) is 0 Å². The Labute approximate surface area is 134 Å². The molecule has 3 rings (SSSR count). The minimum atomic E-state index is -0.592. The van der Waals surface area contributed by atoms with E-state index in [1.54, 1.807) is 24.3 Å². The van der Waals surface area contributed by atoms with Gasteiger partial charge in [-0.05, 0) is 42.3 Å². The molecule has 0 aliphatic carbocycles. The third kappa shape index (κ3) is 3.57. The summed E-state index contributed by atoms with van der Waals surface area (Å²) in [6.07, 6.45) is 0.0942. The molecule has 1 aliphatic heterocycles. The van der Waals surface area contributed by atoms with E-state index < -0.39 is 6.10 Å². The first-order valence-electron chi connectivity index (χ1n) is 7.70. The summed E-state index contributed by atoms with van der Waals surface area (Å²) in [7, 11) is 0. The first-order chi connectivity index (χ1) is 11.1. The van der Waals surface area contributed by atoms with E-state index in [2.05, 4.69) is 10.6 Å². The Morgan fingerprint density at radius 3 is 2.65 bits per heavy atom. The number of aliphatic hydroxyl groups excluding tert-OH is 1. The van der Waals surface area contributed by atoms with E-state index >= 15 is 0 Å². The van der Waals surface area contributed by atoms with Gasteiger partial charge in [0.15, 0.2) is 0 Å². The molecule has 0 saturated carbocycles. The van der Waals surface area contributed by atoms with Crippen molar-refractivity contribution in [3.63, 3.8) is 0 Å². The lowest BCUT2D eigenvalue weighted by atomic mass is 9.98. The lowest BCUT2D eigenvalue weighted by molar-refractivity contribution is 0.0766. The fraction of sp³-hybridized carbons (Fsp3) is 0.278. The van der Waals surface area contributed by atoms with Gasteiger partial charge in [0.25, 0.3) is 5.91 Å². The number of hydrogen-bond acceptors (Lipinski definition) is 3. The van der Waals surface area contributed by atoms with Crippen molar-refractivity contribution < 1.29 is 14.3 Å². The number of β-amino-alcohol motifs (C(OH)–C–C–N with tert-alkyl or cyclic N) is 1. The Balaban J connectivity index is 1.84. The van der Waals surface area contributed by atoms with Crippen molar-refractivity contribution in [1.82, 2.24) is 10.6 Å². The molecule has 2 aromatic carbocycles. The van der Waals surface area contributed by atoms with Gasteiger partial charge in [0, 0.05) is 12.1 Å². The van der Waals surface area contributed by atoms with Crippen molar-refractivity contribution in [3.8, 4) is 11.1 Å². The highest BCUT2D eigenvalue weighted by Crippen LogP contribution is 2.24. The predicted octanol–water partition coefficient (Wildman–Crippen LogP) is 1.95.